The molecule has 94 valence electrons. The number of benzene rings is 1. The van der Waals surface area contributed by atoms with Crippen molar-refractivity contribution in [3.05, 3.63) is 53.4 Å². The Morgan fingerprint density at radius 2 is 1.78 bits per heavy atom. The van der Waals surface area contributed by atoms with Gasteiger partial charge in [-0.15, -0.1) is 11.3 Å². The van der Waals surface area contributed by atoms with Crippen LogP contribution in [0, 0.1) is 0 Å². The summed E-state index contributed by atoms with van der Waals surface area (Å²) in [6.07, 6.45) is 0. The first kappa shape index (κ1) is 12.8. The minimum Gasteiger partial charge on any atom is -0.480 e. The fraction of sp³-hybridized carbons (Fsp3) is 0.0833. The second-order valence-electron chi connectivity index (χ2n) is 3.61. The van der Waals surface area contributed by atoms with Gasteiger partial charge in [-0.1, -0.05) is 36.4 Å². The Kier molecular flexibility index (Phi) is 3.49. The van der Waals surface area contributed by atoms with Gasteiger partial charge >= 0.3 is 5.97 Å². The number of aliphatic carboxylic acids is 1. The number of carboxylic acids is 1. The quantitative estimate of drug-likeness (QED) is 0.934. The van der Waals surface area contributed by atoms with Crippen LogP contribution in [0.4, 0.5) is 0 Å². The molecule has 0 bridgehead atoms. The molecule has 0 radical (unpaired) electrons. The molecule has 0 aliphatic heterocycles. The van der Waals surface area contributed by atoms with Gasteiger partial charge in [-0.3, -0.25) is 4.79 Å². The Labute approximate surface area is 108 Å². The van der Waals surface area contributed by atoms with Crippen molar-refractivity contribution in [2.24, 2.45) is 0 Å². The predicted molar refractivity (Wildman–Crippen MR) is 68.3 cm³/mol. The number of rotatable bonds is 4. The van der Waals surface area contributed by atoms with Gasteiger partial charge in [0.2, 0.25) is 9.84 Å². The standard InChI is InChI=1S/C12H10O4S2/c13-12(14)11(9-5-2-1-3-6-9)18(15,16)10-7-4-8-17-10/h1-8,11H,(H,13,14). The van der Waals surface area contributed by atoms with Crippen LogP contribution >= 0.6 is 11.3 Å². The zero-order chi connectivity index (χ0) is 13.2. The maximum absolute atomic E-state index is 12.3. The molecule has 6 heteroatoms. The summed E-state index contributed by atoms with van der Waals surface area (Å²) in [6, 6.07) is 11.0. The molecule has 0 amide bonds. The molecule has 1 unspecified atom stereocenters. The van der Waals surface area contributed by atoms with Crippen LogP contribution in [0.15, 0.2) is 52.1 Å². The normalized spacial score (nSPS) is 13.1. The van der Waals surface area contributed by atoms with Crippen LogP contribution in [0.1, 0.15) is 10.8 Å². The Morgan fingerprint density at radius 1 is 1.11 bits per heavy atom. The van der Waals surface area contributed by atoms with Crippen molar-refractivity contribution in [3.63, 3.8) is 0 Å². The molecule has 1 aromatic heterocycles. The molecule has 1 N–H and O–H groups in total. The zero-order valence-corrected chi connectivity index (χ0v) is 10.8. The average Bonchev–Trinajstić information content (AvgIpc) is 2.83. The molecule has 0 fully saturated rings. The molecule has 2 rings (SSSR count). The third-order valence-corrected chi connectivity index (χ3v) is 5.85. The average molecular weight is 282 g/mol. The van der Waals surface area contributed by atoms with E-state index in [0.29, 0.717) is 0 Å². The van der Waals surface area contributed by atoms with Crippen LogP contribution in [-0.4, -0.2) is 19.5 Å². The molecule has 1 atom stereocenters. The first-order valence-electron chi connectivity index (χ1n) is 5.08. The summed E-state index contributed by atoms with van der Waals surface area (Å²) in [5, 5.41) is 9.24. The van der Waals surface area contributed by atoms with Crippen LogP contribution in [-0.2, 0) is 14.6 Å². The van der Waals surface area contributed by atoms with Crippen LogP contribution in [0.5, 0.6) is 0 Å². The van der Waals surface area contributed by atoms with Gasteiger partial charge in [0.25, 0.3) is 0 Å². The molecule has 2 aromatic rings. The lowest BCUT2D eigenvalue weighted by atomic mass is 10.1. The predicted octanol–water partition coefficient (Wildman–Crippen LogP) is 2.35. The largest absolute Gasteiger partial charge is 0.480 e. The monoisotopic (exact) mass is 282 g/mol. The second-order valence-corrected chi connectivity index (χ2v) is 6.81. The number of carboxylic acid groups (broad SMARTS) is 1. The molecular weight excluding hydrogens is 272 g/mol. The van der Waals surface area contributed by atoms with Crippen molar-refractivity contribution in [1.29, 1.82) is 0 Å². The van der Waals surface area contributed by atoms with Gasteiger partial charge in [-0.2, -0.15) is 0 Å². The smallest absolute Gasteiger partial charge is 0.326 e. The van der Waals surface area contributed by atoms with Crippen LogP contribution in [0.2, 0.25) is 0 Å². The summed E-state index contributed by atoms with van der Waals surface area (Å²) in [5.74, 6) is -1.37. The third-order valence-electron chi connectivity index (χ3n) is 2.41. The maximum atomic E-state index is 12.3. The SMILES string of the molecule is O=C(O)C(c1ccccc1)S(=O)(=O)c1cccs1. The highest BCUT2D eigenvalue weighted by Crippen LogP contribution is 2.31. The fourth-order valence-electron chi connectivity index (χ4n) is 1.62. The van der Waals surface area contributed by atoms with E-state index >= 15 is 0 Å². The van der Waals surface area contributed by atoms with Gasteiger partial charge in [0, 0.05) is 0 Å². The fourth-order valence-corrected chi connectivity index (χ4v) is 4.35. The van der Waals surface area contributed by atoms with E-state index in [-0.39, 0.29) is 9.77 Å². The van der Waals surface area contributed by atoms with E-state index in [4.69, 9.17) is 0 Å². The van der Waals surface area contributed by atoms with Crippen LogP contribution in [0.3, 0.4) is 0 Å². The lowest BCUT2D eigenvalue weighted by Crippen LogP contribution is -2.21. The van der Waals surface area contributed by atoms with Gasteiger partial charge in [0.15, 0.2) is 5.25 Å². The summed E-state index contributed by atoms with van der Waals surface area (Å²) < 4.78 is 24.6. The van der Waals surface area contributed by atoms with Crippen molar-refractivity contribution < 1.29 is 18.3 Å². The van der Waals surface area contributed by atoms with Crippen LogP contribution < -0.4 is 0 Å². The topological polar surface area (TPSA) is 71.4 Å². The van der Waals surface area contributed by atoms with E-state index in [2.05, 4.69) is 0 Å². The van der Waals surface area contributed by atoms with Gasteiger partial charge in [0.1, 0.15) is 4.21 Å². The van der Waals surface area contributed by atoms with E-state index in [1.807, 2.05) is 0 Å². The molecule has 0 spiro atoms. The first-order valence-corrected chi connectivity index (χ1v) is 7.51. The number of hydrogen-bond donors (Lipinski definition) is 1. The Morgan fingerprint density at radius 3 is 2.28 bits per heavy atom. The summed E-state index contributed by atoms with van der Waals surface area (Å²) in [6.45, 7) is 0. The van der Waals surface area contributed by atoms with E-state index in [1.54, 1.807) is 29.6 Å². The highest BCUT2D eigenvalue weighted by Gasteiger charge is 2.36. The van der Waals surface area contributed by atoms with Crippen molar-refractivity contribution in [3.8, 4) is 0 Å². The minimum absolute atomic E-state index is 0.0683. The molecule has 18 heavy (non-hydrogen) atoms. The zero-order valence-electron chi connectivity index (χ0n) is 9.18. The number of sulfone groups is 1. The minimum atomic E-state index is -3.89. The molecular formula is C12H10O4S2. The van der Waals surface area contributed by atoms with Gasteiger partial charge < -0.3 is 5.11 Å². The lowest BCUT2D eigenvalue weighted by molar-refractivity contribution is -0.136. The van der Waals surface area contributed by atoms with Gasteiger partial charge in [-0.05, 0) is 17.0 Å². The van der Waals surface area contributed by atoms with Crippen LogP contribution in [0.25, 0.3) is 0 Å². The Balaban J connectivity index is 2.54. The second kappa shape index (κ2) is 4.91. The third kappa shape index (κ3) is 2.30. The molecule has 1 aromatic carbocycles. The molecule has 0 aliphatic carbocycles. The molecule has 4 nitrogen and oxygen atoms in total. The highest BCUT2D eigenvalue weighted by atomic mass is 32.2. The Hall–Kier alpha value is -1.66. The summed E-state index contributed by atoms with van der Waals surface area (Å²) >= 11 is 1.02. The van der Waals surface area contributed by atoms with Crippen molar-refractivity contribution in [2.45, 2.75) is 9.46 Å². The molecule has 0 saturated carbocycles. The van der Waals surface area contributed by atoms with Crippen molar-refractivity contribution in [1.82, 2.24) is 0 Å². The van der Waals surface area contributed by atoms with E-state index in [1.165, 1.54) is 18.2 Å². The number of thiophene rings is 1. The maximum Gasteiger partial charge on any atom is 0.326 e. The summed E-state index contributed by atoms with van der Waals surface area (Å²) in [7, 11) is -3.89. The van der Waals surface area contributed by atoms with Crippen molar-refractivity contribution >= 4 is 27.1 Å². The first-order chi connectivity index (χ1) is 8.53. The highest BCUT2D eigenvalue weighted by molar-refractivity contribution is 7.94. The molecule has 1 heterocycles. The van der Waals surface area contributed by atoms with Gasteiger partial charge in [0.05, 0.1) is 0 Å². The number of carbonyl (C=O) groups is 1. The van der Waals surface area contributed by atoms with Crippen molar-refractivity contribution in [2.75, 3.05) is 0 Å². The summed E-state index contributed by atoms with van der Waals surface area (Å²) in [4.78, 5) is 11.3. The molecule has 0 saturated heterocycles. The lowest BCUT2D eigenvalue weighted by Gasteiger charge is -2.12. The number of hydrogen-bond acceptors (Lipinski definition) is 4. The van der Waals surface area contributed by atoms with E-state index in [0.717, 1.165) is 11.3 Å². The van der Waals surface area contributed by atoms with Gasteiger partial charge in [-0.25, -0.2) is 8.42 Å². The summed E-state index contributed by atoms with van der Waals surface area (Å²) in [5.41, 5.74) is 0.262. The van der Waals surface area contributed by atoms with E-state index in [9.17, 15) is 18.3 Å². The van der Waals surface area contributed by atoms with E-state index < -0.39 is 21.1 Å². The Bertz CT molecular complexity index is 630. The molecule has 0 aliphatic rings.